The Hall–Kier alpha value is -2.63. The van der Waals surface area contributed by atoms with Crippen molar-refractivity contribution in [2.45, 2.75) is 6.04 Å². The zero-order valence-corrected chi connectivity index (χ0v) is 12.8. The van der Waals surface area contributed by atoms with Gasteiger partial charge >= 0.3 is 0 Å². The molecule has 5 rings (SSSR count). The molecule has 0 aromatic heterocycles. The molecule has 4 atom stereocenters. The molecule has 2 saturated heterocycles. The zero-order chi connectivity index (χ0) is 16.3. The summed E-state index contributed by atoms with van der Waals surface area (Å²) in [6.07, 6.45) is 3.65. The molecule has 4 aliphatic rings. The quantitative estimate of drug-likeness (QED) is 0.599. The Labute approximate surface area is 133 Å². The molecule has 118 valence electrons. The summed E-state index contributed by atoms with van der Waals surface area (Å²) >= 11 is 0. The van der Waals surface area contributed by atoms with Gasteiger partial charge in [0.15, 0.2) is 0 Å². The number of methoxy groups -OCH3 is 1. The van der Waals surface area contributed by atoms with Gasteiger partial charge < -0.3 is 9.64 Å². The normalized spacial score (nSPS) is 31.8. The highest BCUT2D eigenvalue weighted by Crippen LogP contribution is 2.46. The molecule has 0 saturated carbocycles. The number of ether oxygens (including phenoxy) is 1. The third-order valence-corrected chi connectivity index (χ3v) is 5.08. The van der Waals surface area contributed by atoms with E-state index in [4.69, 9.17) is 4.74 Å². The van der Waals surface area contributed by atoms with Crippen molar-refractivity contribution in [1.82, 2.24) is 4.90 Å². The van der Waals surface area contributed by atoms with E-state index in [1.165, 1.54) is 4.90 Å². The summed E-state index contributed by atoms with van der Waals surface area (Å²) in [5.74, 6) is -1.55. The van der Waals surface area contributed by atoms with Gasteiger partial charge in [-0.05, 0) is 24.3 Å². The number of carbonyl (C=O) groups is 3. The van der Waals surface area contributed by atoms with Crippen molar-refractivity contribution in [3.8, 4) is 5.75 Å². The van der Waals surface area contributed by atoms with Crippen LogP contribution in [-0.2, 0) is 14.4 Å². The standard InChI is InChI=1S/C17H16N2O4/c1-18-12-8-7-11(15(18)20)13-14(12)17(22)19(16(13)21)9-3-5-10(23-2)6-4-9/h3-8,11-14H,1-2H3/t11-,12-,13+,14-/m0/s1. The van der Waals surface area contributed by atoms with Gasteiger partial charge in [-0.1, -0.05) is 12.2 Å². The molecule has 6 nitrogen and oxygen atoms in total. The van der Waals surface area contributed by atoms with Gasteiger partial charge in [-0.3, -0.25) is 14.4 Å². The van der Waals surface area contributed by atoms with Crippen LogP contribution in [-0.4, -0.2) is 42.8 Å². The summed E-state index contributed by atoms with van der Waals surface area (Å²) in [6, 6.07) is 6.46. The molecule has 6 heteroatoms. The van der Waals surface area contributed by atoms with Crippen LogP contribution in [0, 0.1) is 17.8 Å². The highest BCUT2D eigenvalue weighted by molar-refractivity contribution is 6.24. The second-order valence-corrected chi connectivity index (χ2v) is 6.11. The van der Waals surface area contributed by atoms with Crippen LogP contribution in [0.4, 0.5) is 5.69 Å². The van der Waals surface area contributed by atoms with Crippen LogP contribution in [0.1, 0.15) is 0 Å². The number of hydrogen-bond donors (Lipinski definition) is 0. The number of benzene rings is 1. The molecule has 3 aliphatic heterocycles. The van der Waals surface area contributed by atoms with Crippen molar-refractivity contribution in [1.29, 1.82) is 0 Å². The molecular formula is C17H16N2O4. The van der Waals surface area contributed by atoms with Crippen LogP contribution >= 0.6 is 0 Å². The van der Waals surface area contributed by atoms with Gasteiger partial charge in [0, 0.05) is 7.05 Å². The van der Waals surface area contributed by atoms with Gasteiger partial charge in [0.1, 0.15) is 5.75 Å². The first kappa shape index (κ1) is 14.0. The molecule has 0 unspecified atom stereocenters. The van der Waals surface area contributed by atoms with E-state index in [0.29, 0.717) is 11.4 Å². The summed E-state index contributed by atoms with van der Waals surface area (Å²) in [4.78, 5) is 40.7. The first-order valence-corrected chi connectivity index (χ1v) is 7.51. The van der Waals surface area contributed by atoms with Crippen LogP contribution in [0.2, 0.25) is 0 Å². The van der Waals surface area contributed by atoms with Gasteiger partial charge in [-0.2, -0.15) is 0 Å². The van der Waals surface area contributed by atoms with Gasteiger partial charge in [-0.25, -0.2) is 4.90 Å². The number of piperidine rings is 1. The lowest BCUT2D eigenvalue weighted by Crippen LogP contribution is -2.57. The van der Waals surface area contributed by atoms with E-state index >= 15 is 0 Å². The monoisotopic (exact) mass is 312 g/mol. The van der Waals surface area contributed by atoms with E-state index in [2.05, 4.69) is 0 Å². The Morgan fingerprint density at radius 2 is 1.57 bits per heavy atom. The maximum Gasteiger partial charge on any atom is 0.240 e. The summed E-state index contributed by atoms with van der Waals surface area (Å²) in [6.45, 7) is 0. The summed E-state index contributed by atoms with van der Waals surface area (Å²) < 4.78 is 5.10. The van der Waals surface area contributed by atoms with Crippen molar-refractivity contribution in [2.75, 3.05) is 19.1 Å². The lowest BCUT2D eigenvalue weighted by Gasteiger charge is -2.44. The molecule has 0 spiro atoms. The van der Waals surface area contributed by atoms with Crippen LogP contribution < -0.4 is 9.64 Å². The lowest BCUT2D eigenvalue weighted by molar-refractivity contribution is -0.148. The maximum atomic E-state index is 12.8. The van der Waals surface area contributed by atoms with E-state index in [0.717, 1.165) is 0 Å². The number of imide groups is 1. The SMILES string of the molecule is COc1ccc(N2C(=O)[C@@H]3[C@H](C2=O)[C@@H]2C=C[C@@H]3N(C)C2=O)cc1. The number of nitrogens with zero attached hydrogens (tertiary/aromatic N) is 2. The predicted molar refractivity (Wildman–Crippen MR) is 81.7 cm³/mol. The summed E-state index contributed by atoms with van der Waals surface area (Å²) in [5, 5.41) is 0. The average molecular weight is 312 g/mol. The molecule has 2 fully saturated rings. The molecule has 1 aliphatic carbocycles. The van der Waals surface area contributed by atoms with Crippen LogP contribution in [0.25, 0.3) is 0 Å². The minimum atomic E-state index is -0.580. The van der Waals surface area contributed by atoms with Gasteiger partial charge in [0.05, 0.1) is 36.6 Å². The van der Waals surface area contributed by atoms with Gasteiger partial charge in [0.2, 0.25) is 17.7 Å². The zero-order valence-electron chi connectivity index (χ0n) is 12.8. The molecule has 1 aromatic carbocycles. The van der Waals surface area contributed by atoms with Gasteiger partial charge in [0.25, 0.3) is 0 Å². The smallest absolute Gasteiger partial charge is 0.240 e. The van der Waals surface area contributed by atoms with Crippen molar-refractivity contribution < 1.29 is 19.1 Å². The molecular weight excluding hydrogens is 296 g/mol. The average Bonchev–Trinajstić information content (AvgIpc) is 2.84. The number of hydrogen-bond acceptors (Lipinski definition) is 4. The fraction of sp³-hybridized carbons (Fsp3) is 0.353. The fourth-order valence-electron chi connectivity index (χ4n) is 3.90. The lowest BCUT2D eigenvalue weighted by atomic mass is 9.70. The number of amides is 3. The van der Waals surface area contributed by atoms with Crippen molar-refractivity contribution >= 4 is 23.4 Å². The largest absolute Gasteiger partial charge is 0.497 e. The van der Waals surface area contributed by atoms with Crippen molar-refractivity contribution in [2.24, 2.45) is 17.8 Å². The second kappa shape index (κ2) is 4.68. The molecule has 0 N–H and O–H groups in total. The molecule has 3 heterocycles. The van der Waals surface area contributed by atoms with E-state index in [9.17, 15) is 14.4 Å². The first-order valence-electron chi connectivity index (χ1n) is 7.51. The molecule has 1 aromatic rings. The Kier molecular flexibility index (Phi) is 2.85. The number of anilines is 1. The third kappa shape index (κ3) is 1.72. The van der Waals surface area contributed by atoms with Crippen molar-refractivity contribution in [3.05, 3.63) is 36.4 Å². The number of fused-ring (bicyclic) bond motifs is 1. The third-order valence-electron chi connectivity index (χ3n) is 5.08. The molecule has 23 heavy (non-hydrogen) atoms. The Morgan fingerprint density at radius 1 is 0.913 bits per heavy atom. The first-order chi connectivity index (χ1) is 11.0. The number of carbonyl (C=O) groups excluding carboxylic acids is 3. The number of likely N-dealkylation sites (N-methyl/N-ethyl adjacent to an activating group) is 1. The van der Waals surface area contributed by atoms with Crippen LogP contribution in [0.15, 0.2) is 36.4 Å². The van der Waals surface area contributed by atoms with E-state index < -0.39 is 17.8 Å². The Balaban J connectivity index is 1.74. The molecule has 2 bridgehead atoms. The highest BCUT2D eigenvalue weighted by Gasteiger charge is 2.61. The second-order valence-electron chi connectivity index (χ2n) is 6.11. The van der Waals surface area contributed by atoms with E-state index in [1.807, 2.05) is 6.08 Å². The Bertz CT molecular complexity index is 739. The summed E-state index contributed by atoms with van der Waals surface area (Å²) in [5.41, 5.74) is 0.518. The maximum absolute atomic E-state index is 12.8. The minimum absolute atomic E-state index is 0.0866. The highest BCUT2D eigenvalue weighted by atomic mass is 16.5. The minimum Gasteiger partial charge on any atom is -0.497 e. The summed E-state index contributed by atoms with van der Waals surface area (Å²) in [7, 11) is 3.24. The predicted octanol–water partition coefficient (Wildman–Crippen LogP) is 0.827. The van der Waals surface area contributed by atoms with Crippen LogP contribution in [0.3, 0.4) is 0 Å². The Morgan fingerprint density at radius 3 is 2.22 bits per heavy atom. The van der Waals surface area contributed by atoms with E-state index in [-0.39, 0.29) is 23.8 Å². The van der Waals surface area contributed by atoms with E-state index in [1.54, 1.807) is 49.4 Å². The van der Waals surface area contributed by atoms with Crippen LogP contribution in [0.5, 0.6) is 5.75 Å². The molecule has 3 amide bonds. The van der Waals surface area contributed by atoms with Crippen molar-refractivity contribution in [3.63, 3.8) is 0 Å². The molecule has 0 radical (unpaired) electrons. The number of rotatable bonds is 2. The fourth-order valence-corrected chi connectivity index (χ4v) is 3.90. The topological polar surface area (TPSA) is 66.9 Å². The van der Waals surface area contributed by atoms with Gasteiger partial charge in [-0.15, -0.1) is 0 Å².